The van der Waals surface area contributed by atoms with Gasteiger partial charge in [-0.1, -0.05) is 27.7 Å². The van der Waals surface area contributed by atoms with E-state index in [9.17, 15) is 9.18 Å². The molecular weight excluding hydrogens is 291 g/mol. The summed E-state index contributed by atoms with van der Waals surface area (Å²) in [4.78, 5) is 19.3. The number of amides is 1. The zero-order chi connectivity index (χ0) is 17.1. The van der Waals surface area contributed by atoms with E-state index in [0.717, 1.165) is 0 Å². The minimum Gasteiger partial charge on any atom is -0.338 e. The van der Waals surface area contributed by atoms with E-state index in [4.69, 9.17) is 0 Å². The molecule has 0 unspecified atom stereocenters. The largest absolute Gasteiger partial charge is 0.338 e. The lowest BCUT2D eigenvalue weighted by atomic mass is 10.1. The van der Waals surface area contributed by atoms with Gasteiger partial charge in [0.1, 0.15) is 5.82 Å². The van der Waals surface area contributed by atoms with Gasteiger partial charge >= 0.3 is 0 Å². The molecule has 0 aliphatic carbocycles. The number of nitrogens with zero attached hydrogens (tertiary/aromatic N) is 2. The van der Waals surface area contributed by atoms with Crippen molar-refractivity contribution in [3.8, 4) is 0 Å². The Morgan fingerprint density at radius 3 is 2.30 bits per heavy atom. The van der Waals surface area contributed by atoms with Crippen molar-refractivity contribution in [2.45, 2.75) is 34.6 Å². The second kappa shape index (κ2) is 7.07. The molecule has 2 rings (SSSR count). The van der Waals surface area contributed by atoms with Crippen molar-refractivity contribution in [2.24, 2.45) is 11.8 Å². The van der Waals surface area contributed by atoms with Gasteiger partial charge in [-0.05, 0) is 43.0 Å². The monoisotopic (exact) mass is 316 g/mol. The van der Waals surface area contributed by atoms with Gasteiger partial charge in [-0.3, -0.25) is 9.78 Å². The highest BCUT2D eigenvalue weighted by molar-refractivity contribution is 5.98. The standard InChI is InChI=1S/C19H25FN2O/c1-12(2)10-22(11-13(3)4)19(23)17-9-15-8-16(20)6-7-18(15)21-14(17)5/h6-9,12-13H,10-11H2,1-5H3. The van der Waals surface area contributed by atoms with Crippen LogP contribution in [0.15, 0.2) is 24.3 Å². The molecular formula is C19H25FN2O. The summed E-state index contributed by atoms with van der Waals surface area (Å²) in [5.74, 6) is 0.444. The lowest BCUT2D eigenvalue weighted by molar-refractivity contribution is 0.0714. The summed E-state index contributed by atoms with van der Waals surface area (Å²) in [5, 5.41) is 0.660. The fraction of sp³-hybridized carbons (Fsp3) is 0.474. The topological polar surface area (TPSA) is 33.2 Å². The quantitative estimate of drug-likeness (QED) is 0.817. The van der Waals surface area contributed by atoms with Crippen LogP contribution in [0, 0.1) is 24.6 Å². The van der Waals surface area contributed by atoms with Crippen LogP contribution in [0.1, 0.15) is 43.7 Å². The van der Waals surface area contributed by atoms with Crippen molar-refractivity contribution in [2.75, 3.05) is 13.1 Å². The number of hydrogen-bond acceptors (Lipinski definition) is 2. The third-order valence-corrected chi connectivity index (χ3v) is 3.66. The van der Waals surface area contributed by atoms with Gasteiger partial charge in [0.15, 0.2) is 0 Å². The predicted octanol–water partition coefficient (Wildman–Crippen LogP) is 4.44. The Kier molecular flexibility index (Phi) is 5.34. The fourth-order valence-electron chi connectivity index (χ4n) is 2.75. The Morgan fingerprint density at radius 2 is 1.74 bits per heavy atom. The van der Waals surface area contributed by atoms with Gasteiger partial charge in [0, 0.05) is 18.5 Å². The molecule has 0 radical (unpaired) electrons. The molecule has 0 saturated carbocycles. The van der Waals surface area contributed by atoms with E-state index in [-0.39, 0.29) is 11.7 Å². The minimum absolute atomic E-state index is 0.0245. The Balaban J connectivity index is 2.42. The lowest BCUT2D eigenvalue weighted by Crippen LogP contribution is -2.37. The number of rotatable bonds is 5. The third kappa shape index (κ3) is 4.27. The highest BCUT2D eigenvalue weighted by atomic mass is 19.1. The number of hydrogen-bond donors (Lipinski definition) is 0. The number of aryl methyl sites for hydroxylation is 1. The molecule has 4 heteroatoms. The molecule has 1 amide bonds. The Labute approximate surface area is 137 Å². The van der Waals surface area contributed by atoms with Crippen LogP contribution >= 0.6 is 0 Å². The third-order valence-electron chi connectivity index (χ3n) is 3.66. The number of fused-ring (bicyclic) bond motifs is 1. The summed E-state index contributed by atoms with van der Waals surface area (Å²) < 4.78 is 13.4. The van der Waals surface area contributed by atoms with Crippen LogP contribution in [0.3, 0.4) is 0 Å². The van der Waals surface area contributed by atoms with Crippen molar-refractivity contribution < 1.29 is 9.18 Å². The van der Waals surface area contributed by atoms with Crippen molar-refractivity contribution in [1.29, 1.82) is 0 Å². The molecule has 0 fully saturated rings. The molecule has 0 spiro atoms. The highest BCUT2D eigenvalue weighted by Gasteiger charge is 2.20. The first-order chi connectivity index (χ1) is 10.8. The van der Waals surface area contributed by atoms with Crippen LogP contribution in [-0.2, 0) is 0 Å². The Hall–Kier alpha value is -1.97. The molecule has 1 aromatic heterocycles. The first kappa shape index (κ1) is 17.4. The first-order valence-electron chi connectivity index (χ1n) is 8.14. The molecule has 0 N–H and O–H groups in total. The molecule has 1 heterocycles. The normalized spacial score (nSPS) is 11.5. The second-order valence-corrected chi connectivity index (χ2v) is 6.96. The zero-order valence-corrected chi connectivity index (χ0v) is 14.6. The predicted molar refractivity (Wildman–Crippen MR) is 92.0 cm³/mol. The Morgan fingerprint density at radius 1 is 1.13 bits per heavy atom. The molecule has 0 atom stereocenters. The minimum atomic E-state index is -0.317. The van der Waals surface area contributed by atoms with E-state index in [1.54, 1.807) is 12.1 Å². The van der Waals surface area contributed by atoms with Gasteiger partial charge in [-0.25, -0.2) is 4.39 Å². The summed E-state index contributed by atoms with van der Waals surface area (Å²) in [7, 11) is 0. The summed E-state index contributed by atoms with van der Waals surface area (Å²) >= 11 is 0. The molecule has 0 bridgehead atoms. The first-order valence-corrected chi connectivity index (χ1v) is 8.14. The van der Waals surface area contributed by atoms with E-state index in [2.05, 4.69) is 32.7 Å². The van der Waals surface area contributed by atoms with Gasteiger partial charge in [0.2, 0.25) is 0 Å². The lowest BCUT2D eigenvalue weighted by Gasteiger charge is -2.27. The highest BCUT2D eigenvalue weighted by Crippen LogP contribution is 2.20. The van der Waals surface area contributed by atoms with E-state index in [0.29, 0.717) is 47.1 Å². The zero-order valence-electron chi connectivity index (χ0n) is 14.6. The summed E-state index contributed by atoms with van der Waals surface area (Å²) in [6.45, 7) is 11.6. The van der Waals surface area contributed by atoms with Crippen LogP contribution in [-0.4, -0.2) is 28.9 Å². The molecule has 0 aliphatic heterocycles. The van der Waals surface area contributed by atoms with Crippen LogP contribution < -0.4 is 0 Å². The van der Waals surface area contributed by atoms with E-state index >= 15 is 0 Å². The number of aromatic nitrogens is 1. The number of carbonyl (C=O) groups excluding carboxylic acids is 1. The second-order valence-electron chi connectivity index (χ2n) is 6.96. The molecule has 1 aromatic carbocycles. The summed E-state index contributed by atoms with van der Waals surface area (Å²) in [6, 6.07) is 6.22. The molecule has 2 aromatic rings. The van der Waals surface area contributed by atoms with Crippen molar-refractivity contribution in [3.63, 3.8) is 0 Å². The maximum atomic E-state index is 13.4. The van der Waals surface area contributed by atoms with E-state index in [1.165, 1.54) is 12.1 Å². The SMILES string of the molecule is Cc1nc2ccc(F)cc2cc1C(=O)N(CC(C)C)CC(C)C. The number of pyridine rings is 1. The van der Waals surface area contributed by atoms with Crippen molar-refractivity contribution >= 4 is 16.8 Å². The van der Waals surface area contributed by atoms with Crippen LogP contribution in [0.2, 0.25) is 0 Å². The van der Waals surface area contributed by atoms with E-state index in [1.807, 2.05) is 11.8 Å². The number of benzene rings is 1. The van der Waals surface area contributed by atoms with Gasteiger partial charge in [0.05, 0.1) is 16.8 Å². The number of carbonyl (C=O) groups is 1. The van der Waals surface area contributed by atoms with Crippen LogP contribution in [0.4, 0.5) is 4.39 Å². The van der Waals surface area contributed by atoms with Gasteiger partial charge in [0.25, 0.3) is 5.91 Å². The number of halogens is 1. The molecule has 23 heavy (non-hydrogen) atoms. The fourth-order valence-corrected chi connectivity index (χ4v) is 2.75. The van der Waals surface area contributed by atoms with Crippen molar-refractivity contribution in [3.05, 3.63) is 41.3 Å². The summed E-state index contributed by atoms with van der Waals surface area (Å²) in [5.41, 5.74) is 1.95. The van der Waals surface area contributed by atoms with Crippen molar-refractivity contribution in [1.82, 2.24) is 9.88 Å². The van der Waals surface area contributed by atoms with Crippen LogP contribution in [0.5, 0.6) is 0 Å². The maximum Gasteiger partial charge on any atom is 0.255 e. The van der Waals surface area contributed by atoms with E-state index < -0.39 is 0 Å². The maximum absolute atomic E-state index is 13.4. The summed E-state index contributed by atoms with van der Waals surface area (Å²) in [6.07, 6.45) is 0. The average molecular weight is 316 g/mol. The smallest absolute Gasteiger partial charge is 0.255 e. The van der Waals surface area contributed by atoms with Gasteiger partial charge in [-0.2, -0.15) is 0 Å². The molecule has 0 saturated heterocycles. The average Bonchev–Trinajstić information content (AvgIpc) is 2.44. The molecule has 0 aliphatic rings. The molecule has 3 nitrogen and oxygen atoms in total. The van der Waals surface area contributed by atoms with Gasteiger partial charge in [-0.15, -0.1) is 0 Å². The molecule has 124 valence electrons. The van der Waals surface area contributed by atoms with Gasteiger partial charge < -0.3 is 4.90 Å². The van der Waals surface area contributed by atoms with Crippen LogP contribution in [0.25, 0.3) is 10.9 Å². The Bertz CT molecular complexity index is 700.